The van der Waals surface area contributed by atoms with Gasteiger partial charge in [-0.25, -0.2) is 4.79 Å². The number of carbonyl (C=O) groups is 2. The molecule has 154 valence electrons. The van der Waals surface area contributed by atoms with Gasteiger partial charge >= 0.3 is 6.03 Å². The Bertz CT molecular complexity index is 861. The lowest BCUT2D eigenvalue weighted by molar-refractivity contribution is -0.129. The Morgan fingerprint density at radius 3 is 2.41 bits per heavy atom. The molecule has 0 aromatic heterocycles. The van der Waals surface area contributed by atoms with Crippen LogP contribution in [-0.4, -0.2) is 54.0 Å². The number of urea groups is 1. The third-order valence-electron chi connectivity index (χ3n) is 5.75. The molecular formula is C22H27ClN4O2. The number of benzene rings is 2. The second-order valence-corrected chi connectivity index (χ2v) is 7.58. The number of carbonyl (C=O) groups excluding carboxylic acids is 2. The second-order valence-electron chi connectivity index (χ2n) is 7.58. The zero-order chi connectivity index (χ0) is 19.5. The molecule has 2 aromatic carbocycles. The summed E-state index contributed by atoms with van der Waals surface area (Å²) in [4.78, 5) is 28.6. The molecule has 0 aliphatic carbocycles. The van der Waals surface area contributed by atoms with Crippen LogP contribution in [0.1, 0.15) is 22.6 Å². The smallest absolute Gasteiger partial charge is 0.318 e. The Kier molecular flexibility index (Phi) is 6.77. The third-order valence-corrected chi connectivity index (χ3v) is 5.75. The summed E-state index contributed by atoms with van der Waals surface area (Å²) in [6.45, 7) is 2.37. The monoisotopic (exact) mass is 414 g/mol. The van der Waals surface area contributed by atoms with Crippen LogP contribution in [0, 0.1) is 0 Å². The lowest BCUT2D eigenvalue weighted by Crippen LogP contribution is -2.46. The number of nitrogens with two attached hydrogens (primary N) is 1. The van der Waals surface area contributed by atoms with Crippen LogP contribution in [0.25, 0.3) is 0 Å². The summed E-state index contributed by atoms with van der Waals surface area (Å²) >= 11 is 0. The first-order valence-corrected chi connectivity index (χ1v) is 9.79. The van der Waals surface area contributed by atoms with Crippen molar-refractivity contribution in [1.29, 1.82) is 0 Å². The maximum Gasteiger partial charge on any atom is 0.318 e. The number of fused-ring (bicyclic) bond motifs is 1. The van der Waals surface area contributed by atoms with Crippen LogP contribution in [0.4, 0.5) is 4.79 Å². The molecule has 2 atom stereocenters. The predicted molar refractivity (Wildman–Crippen MR) is 115 cm³/mol. The summed E-state index contributed by atoms with van der Waals surface area (Å²) in [7, 11) is 0. The van der Waals surface area contributed by atoms with E-state index in [1.807, 2.05) is 30.3 Å². The van der Waals surface area contributed by atoms with E-state index in [2.05, 4.69) is 29.6 Å². The molecule has 0 bridgehead atoms. The standard InChI is InChI=1S/C22H26N4O2.ClH/c23-20-15-26(14-19(20)17-7-2-1-3-8-17)21(27)12-24-22(28)25-11-10-16-6-4-5-9-18(16)13-25;/h1-9,19-20H,10-15,23H2,(H,24,28);1H/t19-,20+;/m0./s1. The van der Waals surface area contributed by atoms with Crippen molar-refractivity contribution >= 4 is 24.3 Å². The fraction of sp³-hybridized carbons (Fsp3) is 0.364. The zero-order valence-electron chi connectivity index (χ0n) is 16.3. The molecule has 2 aliphatic heterocycles. The first-order chi connectivity index (χ1) is 13.6. The van der Waals surface area contributed by atoms with Crippen LogP contribution in [0.15, 0.2) is 54.6 Å². The van der Waals surface area contributed by atoms with E-state index in [0.29, 0.717) is 26.2 Å². The van der Waals surface area contributed by atoms with Gasteiger partial charge in [-0.05, 0) is 23.1 Å². The first kappa shape index (κ1) is 21.1. The van der Waals surface area contributed by atoms with Gasteiger partial charge in [0.15, 0.2) is 0 Å². The van der Waals surface area contributed by atoms with E-state index in [-0.39, 0.29) is 42.8 Å². The van der Waals surface area contributed by atoms with Gasteiger partial charge in [0.25, 0.3) is 0 Å². The Balaban J connectivity index is 0.00000240. The van der Waals surface area contributed by atoms with Gasteiger partial charge in [-0.3, -0.25) is 4.79 Å². The maximum atomic E-state index is 12.6. The SMILES string of the molecule is Cl.N[C@@H]1CN(C(=O)CNC(=O)N2CCc3ccccc3C2)C[C@H]1c1ccccc1. The molecule has 4 rings (SSSR count). The minimum Gasteiger partial charge on any atom is -0.339 e. The Morgan fingerprint density at radius 1 is 0.966 bits per heavy atom. The molecule has 1 fully saturated rings. The minimum absolute atomic E-state index is 0. The van der Waals surface area contributed by atoms with E-state index in [9.17, 15) is 9.59 Å². The van der Waals surface area contributed by atoms with Crippen LogP contribution in [0.3, 0.4) is 0 Å². The summed E-state index contributed by atoms with van der Waals surface area (Å²) < 4.78 is 0. The highest BCUT2D eigenvalue weighted by atomic mass is 35.5. The topological polar surface area (TPSA) is 78.7 Å². The normalized spacial score (nSPS) is 20.6. The number of nitrogens with zero attached hydrogens (tertiary/aromatic N) is 2. The molecule has 0 unspecified atom stereocenters. The minimum atomic E-state index is -0.189. The van der Waals surface area contributed by atoms with Crippen LogP contribution in [0.5, 0.6) is 0 Å². The average molecular weight is 415 g/mol. The van der Waals surface area contributed by atoms with Crippen LogP contribution >= 0.6 is 12.4 Å². The summed E-state index contributed by atoms with van der Waals surface area (Å²) in [5.41, 5.74) is 9.89. The fourth-order valence-corrected chi connectivity index (χ4v) is 4.13. The number of likely N-dealkylation sites (tertiary alicyclic amines) is 1. The maximum absolute atomic E-state index is 12.6. The summed E-state index contributed by atoms with van der Waals surface area (Å²) in [6, 6.07) is 18.0. The van der Waals surface area contributed by atoms with Gasteiger partial charge in [0.2, 0.25) is 5.91 Å². The highest BCUT2D eigenvalue weighted by Crippen LogP contribution is 2.26. The fourth-order valence-electron chi connectivity index (χ4n) is 4.13. The molecule has 0 saturated carbocycles. The molecule has 2 aliphatic rings. The van der Waals surface area contributed by atoms with Crippen molar-refractivity contribution < 1.29 is 9.59 Å². The van der Waals surface area contributed by atoms with E-state index in [1.165, 1.54) is 11.1 Å². The van der Waals surface area contributed by atoms with Gasteiger partial charge in [-0.15, -0.1) is 12.4 Å². The Hall–Kier alpha value is -2.57. The van der Waals surface area contributed by atoms with Gasteiger partial charge in [0, 0.05) is 38.1 Å². The van der Waals surface area contributed by atoms with Gasteiger partial charge in [0.1, 0.15) is 0 Å². The van der Waals surface area contributed by atoms with Crippen molar-refractivity contribution in [3.8, 4) is 0 Å². The molecular weight excluding hydrogens is 388 g/mol. The molecule has 0 spiro atoms. The molecule has 6 nitrogen and oxygen atoms in total. The highest BCUT2D eigenvalue weighted by Gasteiger charge is 2.34. The van der Waals surface area contributed by atoms with Crippen LogP contribution in [0.2, 0.25) is 0 Å². The lowest BCUT2D eigenvalue weighted by Gasteiger charge is -2.29. The predicted octanol–water partition coefficient (Wildman–Crippen LogP) is 2.13. The van der Waals surface area contributed by atoms with E-state index >= 15 is 0 Å². The van der Waals surface area contributed by atoms with Crippen molar-refractivity contribution in [3.05, 3.63) is 71.3 Å². The van der Waals surface area contributed by atoms with Crippen molar-refractivity contribution in [3.63, 3.8) is 0 Å². The molecule has 2 heterocycles. The van der Waals surface area contributed by atoms with Gasteiger partial charge in [-0.1, -0.05) is 54.6 Å². The Morgan fingerprint density at radius 2 is 1.66 bits per heavy atom. The van der Waals surface area contributed by atoms with E-state index in [1.54, 1.807) is 9.80 Å². The largest absolute Gasteiger partial charge is 0.339 e. The zero-order valence-corrected chi connectivity index (χ0v) is 17.1. The number of nitrogens with one attached hydrogen (secondary N) is 1. The summed E-state index contributed by atoms with van der Waals surface area (Å²) in [5, 5.41) is 2.78. The first-order valence-electron chi connectivity index (χ1n) is 9.79. The van der Waals surface area contributed by atoms with Crippen molar-refractivity contribution in [1.82, 2.24) is 15.1 Å². The number of rotatable bonds is 3. The van der Waals surface area contributed by atoms with Crippen molar-refractivity contribution in [2.24, 2.45) is 5.73 Å². The molecule has 2 aromatic rings. The van der Waals surface area contributed by atoms with E-state index in [4.69, 9.17) is 5.73 Å². The molecule has 3 N–H and O–H groups in total. The lowest BCUT2D eigenvalue weighted by atomic mass is 9.95. The van der Waals surface area contributed by atoms with E-state index in [0.717, 1.165) is 12.0 Å². The molecule has 1 saturated heterocycles. The van der Waals surface area contributed by atoms with Crippen LogP contribution in [-0.2, 0) is 17.8 Å². The van der Waals surface area contributed by atoms with Crippen molar-refractivity contribution in [2.45, 2.75) is 24.9 Å². The van der Waals surface area contributed by atoms with Crippen LogP contribution < -0.4 is 11.1 Å². The van der Waals surface area contributed by atoms with Gasteiger partial charge in [-0.2, -0.15) is 0 Å². The molecule has 0 radical (unpaired) electrons. The molecule has 29 heavy (non-hydrogen) atoms. The quantitative estimate of drug-likeness (QED) is 0.807. The van der Waals surface area contributed by atoms with E-state index < -0.39 is 0 Å². The van der Waals surface area contributed by atoms with Crippen molar-refractivity contribution in [2.75, 3.05) is 26.2 Å². The summed E-state index contributed by atoms with van der Waals surface area (Å²) in [6.07, 6.45) is 0.845. The highest BCUT2D eigenvalue weighted by molar-refractivity contribution is 5.85. The molecule has 7 heteroatoms. The second kappa shape index (κ2) is 9.29. The average Bonchev–Trinajstić information content (AvgIpc) is 3.13. The van der Waals surface area contributed by atoms with Gasteiger partial charge < -0.3 is 20.9 Å². The number of hydrogen-bond donors (Lipinski definition) is 2. The molecule has 3 amide bonds. The number of halogens is 1. The van der Waals surface area contributed by atoms with Gasteiger partial charge in [0.05, 0.1) is 6.54 Å². The number of amides is 3. The Labute approximate surface area is 177 Å². The number of hydrogen-bond acceptors (Lipinski definition) is 3. The third kappa shape index (κ3) is 4.71. The summed E-state index contributed by atoms with van der Waals surface area (Å²) in [5.74, 6) is 0.0547.